The number of pyridine rings is 1. The topological polar surface area (TPSA) is 42.4 Å². The van der Waals surface area contributed by atoms with Crippen molar-refractivity contribution in [2.24, 2.45) is 0 Å². The Labute approximate surface area is 105 Å². The van der Waals surface area contributed by atoms with Crippen LogP contribution in [-0.4, -0.2) is 17.2 Å². The van der Waals surface area contributed by atoms with Crippen LogP contribution >= 0.6 is 11.6 Å². The predicted molar refractivity (Wildman–Crippen MR) is 67.2 cm³/mol. The van der Waals surface area contributed by atoms with Gasteiger partial charge in [0.05, 0.1) is 13.7 Å². The molecule has 0 saturated carbocycles. The third-order valence-corrected chi connectivity index (χ3v) is 2.89. The van der Waals surface area contributed by atoms with E-state index in [0.717, 1.165) is 11.1 Å². The lowest BCUT2D eigenvalue weighted by Gasteiger charge is -2.10. The Morgan fingerprint density at radius 2 is 2.18 bits per heavy atom. The van der Waals surface area contributed by atoms with Gasteiger partial charge in [-0.05, 0) is 23.3 Å². The van der Waals surface area contributed by atoms with Crippen LogP contribution in [0.25, 0.3) is 11.1 Å². The van der Waals surface area contributed by atoms with Crippen molar-refractivity contribution < 1.29 is 9.84 Å². The number of aliphatic hydroxyl groups is 1. The highest BCUT2D eigenvalue weighted by molar-refractivity contribution is 6.31. The van der Waals surface area contributed by atoms with Crippen LogP contribution in [0.2, 0.25) is 5.02 Å². The molecule has 0 aliphatic heterocycles. The van der Waals surface area contributed by atoms with Gasteiger partial charge in [-0.25, -0.2) is 4.98 Å². The number of aromatic nitrogens is 1. The van der Waals surface area contributed by atoms with Gasteiger partial charge in [0.15, 0.2) is 0 Å². The summed E-state index contributed by atoms with van der Waals surface area (Å²) in [6.07, 6.45) is 1.66. The Kier molecular flexibility index (Phi) is 3.61. The minimum Gasteiger partial charge on any atom is -0.481 e. The third kappa shape index (κ3) is 2.40. The number of hydrogen-bond acceptors (Lipinski definition) is 3. The SMILES string of the molecule is COc1cc(-c2cccc(Cl)c2CO)ccn1. The number of rotatable bonds is 3. The first-order valence-electron chi connectivity index (χ1n) is 5.15. The van der Waals surface area contributed by atoms with Gasteiger partial charge in [0, 0.05) is 22.8 Å². The van der Waals surface area contributed by atoms with E-state index in [1.54, 1.807) is 19.4 Å². The van der Waals surface area contributed by atoms with Gasteiger partial charge in [-0.1, -0.05) is 23.7 Å². The molecule has 3 nitrogen and oxygen atoms in total. The van der Waals surface area contributed by atoms with E-state index in [1.807, 2.05) is 24.3 Å². The highest BCUT2D eigenvalue weighted by atomic mass is 35.5. The summed E-state index contributed by atoms with van der Waals surface area (Å²) in [5.41, 5.74) is 2.52. The molecule has 0 aliphatic carbocycles. The van der Waals surface area contributed by atoms with E-state index in [0.29, 0.717) is 16.5 Å². The molecular formula is C13H12ClNO2. The van der Waals surface area contributed by atoms with Gasteiger partial charge in [0.1, 0.15) is 0 Å². The average Bonchev–Trinajstić information content (AvgIpc) is 2.38. The molecule has 88 valence electrons. The van der Waals surface area contributed by atoms with Crippen molar-refractivity contribution in [3.05, 3.63) is 47.1 Å². The standard InChI is InChI=1S/C13H12ClNO2/c1-17-13-7-9(5-6-15-13)10-3-2-4-12(14)11(10)8-16/h2-7,16H,8H2,1H3. The Morgan fingerprint density at radius 3 is 2.88 bits per heavy atom. The molecule has 0 bridgehead atoms. The molecule has 0 atom stereocenters. The van der Waals surface area contributed by atoms with Gasteiger partial charge in [0.2, 0.25) is 5.88 Å². The first-order chi connectivity index (χ1) is 8.26. The summed E-state index contributed by atoms with van der Waals surface area (Å²) in [5.74, 6) is 0.534. The molecule has 17 heavy (non-hydrogen) atoms. The minimum atomic E-state index is -0.0976. The second-order valence-corrected chi connectivity index (χ2v) is 3.92. The number of halogens is 1. The molecule has 0 aliphatic rings. The van der Waals surface area contributed by atoms with Crippen LogP contribution in [0.1, 0.15) is 5.56 Å². The van der Waals surface area contributed by atoms with Gasteiger partial charge < -0.3 is 9.84 Å². The highest BCUT2D eigenvalue weighted by Gasteiger charge is 2.08. The Morgan fingerprint density at radius 1 is 1.35 bits per heavy atom. The average molecular weight is 250 g/mol. The number of aliphatic hydroxyl groups excluding tert-OH is 1. The van der Waals surface area contributed by atoms with E-state index in [1.165, 1.54) is 0 Å². The molecule has 2 rings (SSSR count). The molecule has 0 unspecified atom stereocenters. The number of methoxy groups -OCH3 is 1. The zero-order chi connectivity index (χ0) is 12.3. The van der Waals surface area contributed by atoms with Crippen molar-refractivity contribution in [2.45, 2.75) is 6.61 Å². The summed E-state index contributed by atoms with van der Waals surface area (Å²) in [5, 5.41) is 9.91. The maximum atomic E-state index is 9.36. The fourth-order valence-electron chi connectivity index (χ4n) is 1.68. The molecule has 1 aromatic carbocycles. The van der Waals surface area contributed by atoms with E-state index in [4.69, 9.17) is 16.3 Å². The largest absolute Gasteiger partial charge is 0.481 e. The van der Waals surface area contributed by atoms with E-state index >= 15 is 0 Å². The quantitative estimate of drug-likeness (QED) is 0.910. The maximum absolute atomic E-state index is 9.36. The fraction of sp³-hybridized carbons (Fsp3) is 0.154. The molecule has 1 N–H and O–H groups in total. The summed E-state index contributed by atoms with van der Waals surface area (Å²) in [6, 6.07) is 9.18. The van der Waals surface area contributed by atoms with Crippen molar-refractivity contribution >= 4 is 11.6 Å². The maximum Gasteiger partial charge on any atom is 0.213 e. The first kappa shape index (κ1) is 11.9. The number of hydrogen-bond donors (Lipinski definition) is 1. The summed E-state index contributed by atoms with van der Waals surface area (Å²) in [7, 11) is 1.57. The summed E-state index contributed by atoms with van der Waals surface area (Å²) in [6.45, 7) is -0.0976. The summed E-state index contributed by atoms with van der Waals surface area (Å²) in [4.78, 5) is 4.04. The van der Waals surface area contributed by atoms with Crippen molar-refractivity contribution in [3.63, 3.8) is 0 Å². The van der Waals surface area contributed by atoms with E-state index in [9.17, 15) is 5.11 Å². The highest BCUT2D eigenvalue weighted by Crippen LogP contribution is 2.30. The number of benzene rings is 1. The second kappa shape index (κ2) is 5.17. The van der Waals surface area contributed by atoms with Crippen LogP contribution in [0.4, 0.5) is 0 Å². The van der Waals surface area contributed by atoms with Crippen molar-refractivity contribution in [3.8, 4) is 17.0 Å². The second-order valence-electron chi connectivity index (χ2n) is 3.51. The van der Waals surface area contributed by atoms with E-state index < -0.39 is 0 Å². The van der Waals surface area contributed by atoms with Crippen LogP contribution in [0.5, 0.6) is 5.88 Å². The Bertz CT molecular complexity index is 529. The van der Waals surface area contributed by atoms with Gasteiger partial charge in [-0.3, -0.25) is 0 Å². The zero-order valence-electron chi connectivity index (χ0n) is 9.35. The minimum absolute atomic E-state index is 0.0976. The third-order valence-electron chi connectivity index (χ3n) is 2.53. The van der Waals surface area contributed by atoms with Gasteiger partial charge >= 0.3 is 0 Å². The predicted octanol–water partition coefficient (Wildman–Crippen LogP) is 2.90. The molecule has 0 saturated heterocycles. The molecular weight excluding hydrogens is 238 g/mol. The molecule has 4 heteroatoms. The Hall–Kier alpha value is -1.58. The molecule has 0 amide bonds. The monoisotopic (exact) mass is 249 g/mol. The molecule has 0 radical (unpaired) electrons. The molecule has 0 fully saturated rings. The fourth-order valence-corrected chi connectivity index (χ4v) is 1.91. The number of nitrogens with zero attached hydrogens (tertiary/aromatic N) is 1. The Balaban J connectivity index is 2.55. The van der Waals surface area contributed by atoms with Gasteiger partial charge in [-0.2, -0.15) is 0 Å². The summed E-state index contributed by atoms with van der Waals surface area (Å²) < 4.78 is 5.07. The normalized spacial score (nSPS) is 10.3. The summed E-state index contributed by atoms with van der Waals surface area (Å²) >= 11 is 6.05. The molecule has 1 heterocycles. The lowest BCUT2D eigenvalue weighted by molar-refractivity contribution is 0.282. The lowest BCUT2D eigenvalue weighted by Crippen LogP contribution is -1.92. The molecule has 1 aromatic heterocycles. The van der Waals surface area contributed by atoms with Crippen molar-refractivity contribution in [1.82, 2.24) is 4.98 Å². The van der Waals surface area contributed by atoms with Crippen LogP contribution in [0.3, 0.4) is 0 Å². The van der Waals surface area contributed by atoms with Crippen LogP contribution in [0.15, 0.2) is 36.5 Å². The van der Waals surface area contributed by atoms with E-state index in [-0.39, 0.29) is 6.61 Å². The number of ether oxygens (including phenoxy) is 1. The van der Waals surface area contributed by atoms with Crippen LogP contribution in [-0.2, 0) is 6.61 Å². The molecule has 2 aromatic rings. The van der Waals surface area contributed by atoms with Crippen LogP contribution in [0, 0.1) is 0 Å². The van der Waals surface area contributed by atoms with Crippen molar-refractivity contribution in [1.29, 1.82) is 0 Å². The van der Waals surface area contributed by atoms with E-state index in [2.05, 4.69) is 4.98 Å². The van der Waals surface area contributed by atoms with Gasteiger partial charge in [0.25, 0.3) is 0 Å². The molecule has 0 spiro atoms. The van der Waals surface area contributed by atoms with Gasteiger partial charge in [-0.15, -0.1) is 0 Å². The zero-order valence-corrected chi connectivity index (χ0v) is 10.1. The van der Waals surface area contributed by atoms with Crippen molar-refractivity contribution in [2.75, 3.05) is 7.11 Å². The first-order valence-corrected chi connectivity index (χ1v) is 5.52. The lowest BCUT2D eigenvalue weighted by atomic mass is 10.0. The smallest absolute Gasteiger partial charge is 0.213 e. The van der Waals surface area contributed by atoms with Crippen LogP contribution < -0.4 is 4.74 Å².